The fraction of sp³-hybridized carbons (Fsp3) is 0.421. The smallest absolute Gasteiger partial charge is 0.191 e. The van der Waals surface area contributed by atoms with Gasteiger partial charge in [-0.3, -0.25) is 4.57 Å². The van der Waals surface area contributed by atoms with E-state index >= 15 is 0 Å². The van der Waals surface area contributed by atoms with Crippen LogP contribution >= 0.6 is 11.8 Å². The molecule has 4 rings (SSSR count). The minimum atomic E-state index is -0.0116. The molecule has 7 nitrogen and oxygen atoms in total. The van der Waals surface area contributed by atoms with Gasteiger partial charge in [0.05, 0.1) is 12.9 Å². The van der Waals surface area contributed by atoms with Crippen LogP contribution in [0.1, 0.15) is 32.4 Å². The zero-order valence-electron chi connectivity index (χ0n) is 15.5. The molecule has 1 aromatic carbocycles. The van der Waals surface area contributed by atoms with E-state index in [0.717, 1.165) is 48.5 Å². The molecule has 1 fully saturated rings. The van der Waals surface area contributed by atoms with Crippen molar-refractivity contribution in [2.75, 3.05) is 24.8 Å². The number of nitrogens with one attached hydrogen (secondary N) is 1. The third-order valence-electron chi connectivity index (χ3n) is 4.46. The van der Waals surface area contributed by atoms with E-state index in [1.165, 1.54) is 11.8 Å². The second-order valence-electron chi connectivity index (χ2n) is 6.29. The molecule has 1 saturated heterocycles. The largest absolute Gasteiger partial charge is 0.494 e. The summed E-state index contributed by atoms with van der Waals surface area (Å²) in [7, 11) is 0. The average molecular weight is 385 g/mol. The molecule has 0 saturated carbocycles. The number of thioether (sulfide) groups is 1. The number of imidazole rings is 1. The van der Waals surface area contributed by atoms with Gasteiger partial charge in [-0.05, 0) is 44.6 Å². The Hall–Kier alpha value is -2.32. The van der Waals surface area contributed by atoms with E-state index < -0.39 is 0 Å². The lowest BCUT2D eigenvalue weighted by molar-refractivity contribution is -0.0298. The summed E-state index contributed by atoms with van der Waals surface area (Å²) >= 11 is 1.51. The zero-order valence-corrected chi connectivity index (χ0v) is 16.3. The number of ether oxygens (including phenoxy) is 2. The molecule has 0 bridgehead atoms. The first-order valence-corrected chi connectivity index (χ1v) is 10.4. The Morgan fingerprint density at radius 3 is 3.04 bits per heavy atom. The summed E-state index contributed by atoms with van der Waals surface area (Å²) in [6.45, 7) is 3.38. The lowest BCUT2D eigenvalue weighted by Gasteiger charge is -2.23. The minimum absolute atomic E-state index is 0.0116. The zero-order chi connectivity index (χ0) is 18.6. The van der Waals surface area contributed by atoms with E-state index in [-0.39, 0.29) is 6.23 Å². The topological polar surface area (TPSA) is 74.1 Å². The normalized spacial score (nSPS) is 17.2. The maximum atomic E-state index is 5.92. The Balaban J connectivity index is 1.71. The number of fused-ring (bicyclic) bond motifs is 1. The van der Waals surface area contributed by atoms with Gasteiger partial charge in [-0.2, -0.15) is 0 Å². The highest BCUT2D eigenvalue weighted by Gasteiger charge is 2.21. The summed E-state index contributed by atoms with van der Waals surface area (Å²) in [5, 5.41) is 4.07. The molecule has 1 unspecified atom stereocenters. The fourth-order valence-corrected chi connectivity index (χ4v) is 3.56. The number of rotatable bonds is 6. The monoisotopic (exact) mass is 385 g/mol. The molecular formula is C19H23N5O2S. The van der Waals surface area contributed by atoms with Crippen LogP contribution in [0.4, 0.5) is 11.5 Å². The molecule has 3 aromatic rings. The molecule has 1 aliphatic rings. The van der Waals surface area contributed by atoms with Crippen LogP contribution < -0.4 is 10.1 Å². The minimum Gasteiger partial charge on any atom is -0.494 e. The number of nitrogens with zero attached hydrogens (tertiary/aromatic N) is 4. The number of anilines is 2. The van der Waals surface area contributed by atoms with Gasteiger partial charge in [0.2, 0.25) is 0 Å². The van der Waals surface area contributed by atoms with Crippen LogP contribution in [0.15, 0.2) is 35.7 Å². The number of hydrogen-bond acceptors (Lipinski definition) is 7. The average Bonchev–Trinajstić information content (AvgIpc) is 3.13. The van der Waals surface area contributed by atoms with Crippen molar-refractivity contribution in [3.8, 4) is 5.75 Å². The molecule has 0 aliphatic carbocycles. The maximum absolute atomic E-state index is 5.92. The SMILES string of the molecule is CCOc1cccc(Nc2nc(SC)nc3c2ncn3C2CCCCO2)c1. The third-order valence-corrected chi connectivity index (χ3v) is 5.00. The van der Waals surface area contributed by atoms with E-state index in [2.05, 4.69) is 20.3 Å². The first-order chi connectivity index (χ1) is 13.3. The van der Waals surface area contributed by atoms with Crippen LogP contribution in [0, 0.1) is 0 Å². The lowest BCUT2D eigenvalue weighted by atomic mass is 10.2. The van der Waals surface area contributed by atoms with Crippen molar-refractivity contribution in [2.24, 2.45) is 0 Å². The van der Waals surface area contributed by atoms with Gasteiger partial charge in [0.1, 0.15) is 12.0 Å². The van der Waals surface area contributed by atoms with Crippen LogP contribution in [0.5, 0.6) is 5.75 Å². The first kappa shape index (κ1) is 18.1. The standard InChI is InChI=1S/C19H23N5O2S/c1-3-25-14-8-6-7-13(11-14)21-17-16-18(23-19(22-17)27-2)24(12-20-16)15-9-4-5-10-26-15/h6-8,11-12,15H,3-5,9-10H2,1-2H3,(H,21,22,23). The molecule has 1 atom stereocenters. The van der Waals surface area contributed by atoms with Crippen molar-refractivity contribution in [3.63, 3.8) is 0 Å². The van der Waals surface area contributed by atoms with Gasteiger partial charge in [0, 0.05) is 18.4 Å². The predicted octanol–water partition coefficient (Wildman–Crippen LogP) is 4.39. The van der Waals surface area contributed by atoms with Crippen LogP contribution in [0.3, 0.4) is 0 Å². The Kier molecular flexibility index (Phi) is 5.45. The van der Waals surface area contributed by atoms with Gasteiger partial charge in [0.25, 0.3) is 0 Å². The van der Waals surface area contributed by atoms with Crippen LogP contribution in [0.2, 0.25) is 0 Å². The Labute approximate surface area is 162 Å². The third kappa shape index (κ3) is 3.86. The van der Waals surface area contributed by atoms with E-state index in [4.69, 9.17) is 9.47 Å². The van der Waals surface area contributed by atoms with Crippen molar-refractivity contribution in [2.45, 2.75) is 37.6 Å². The summed E-state index contributed by atoms with van der Waals surface area (Å²) in [5.41, 5.74) is 2.44. The van der Waals surface area contributed by atoms with Crippen molar-refractivity contribution >= 4 is 34.4 Å². The Morgan fingerprint density at radius 1 is 1.33 bits per heavy atom. The summed E-state index contributed by atoms with van der Waals surface area (Å²) in [6.07, 6.45) is 7.00. The van der Waals surface area contributed by atoms with E-state index in [1.54, 1.807) is 6.33 Å². The molecule has 2 aromatic heterocycles. The van der Waals surface area contributed by atoms with Crippen molar-refractivity contribution < 1.29 is 9.47 Å². The molecule has 0 spiro atoms. The summed E-state index contributed by atoms with van der Waals surface area (Å²) in [6, 6.07) is 7.83. The number of aromatic nitrogens is 4. The molecule has 0 amide bonds. The predicted molar refractivity (Wildman–Crippen MR) is 107 cm³/mol. The van der Waals surface area contributed by atoms with Gasteiger partial charge >= 0.3 is 0 Å². The molecule has 1 aliphatic heterocycles. The Morgan fingerprint density at radius 2 is 2.26 bits per heavy atom. The van der Waals surface area contributed by atoms with Gasteiger partial charge in [-0.25, -0.2) is 15.0 Å². The van der Waals surface area contributed by atoms with Gasteiger partial charge < -0.3 is 14.8 Å². The molecule has 0 radical (unpaired) electrons. The molecule has 8 heteroatoms. The summed E-state index contributed by atoms with van der Waals surface area (Å²) < 4.78 is 13.5. The maximum Gasteiger partial charge on any atom is 0.191 e. The van der Waals surface area contributed by atoms with Crippen molar-refractivity contribution in [1.29, 1.82) is 0 Å². The molecule has 142 valence electrons. The van der Waals surface area contributed by atoms with Crippen molar-refractivity contribution in [1.82, 2.24) is 19.5 Å². The highest BCUT2D eigenvalue weighted by atomic mass is 32.2. The van der Waals surface area contributed by atoms with Crippen LogP contribution in [0.25, 0.3) is 11.2 Å². The van der Waals surface area contributed by atoms with Gasteiger partial charge in [-0.15, -0.1) is 0 Å². The molecule has 27 heavy (non-hydrogen) atoms. The second-order valence-corrected chi connectivity index (χ2v) is 7.06. The molecule has 1 N–H and O–H groups in total. The lowest BCUT2D eigenvalue weighted by Crippen LogP contribution is -2.17. The number of benzene rings is 1. The van der Waals surface area contributed by atoms with Crippen molar-refractivity contribution in [3.05, 3.63) is 30.6 Å². The Bertz CT molecular complexity index is 924. The fourth-order valence-electron chi connectivity index (χ4n) is 3.20. The quantitative estimate of drug-likeness (QED) is 0.498. The molecule has 3 heterocycles. The summed E-state index contributed by atoms with van der Waals surface area (Å²) in [4.78, 5) is 13.9. The highest BCUT2D eigenvalue weighted by molar-refractivity contribution is 7.98. The van der Waals surface area contributed by atoms with Gasteiger partial charge in [0.15, 0.2) is 22.1 Å². The van der Waals surface area contributed by atoms with E-state index in [9.17, 15) is 0 Å². The van der Waals surface area contributed by atoms with Crippen LogP contribution in [-0.2, 0) is 4.74 Å². The summed E-state index contributed by atoms with van der Waals surface area (Å²) in [5.74, 6) is 1.51. The highest BCUT2D eigenvalue weighted by Crippen LogP contribution is 2.31. The van der Waals surface area contributed by atoms with E-state index in [1.807, 2.05) is 42.0 Å². The number of hydrogen-bond donors (Lipinski definition) is 1. The molecular weight excluding hydrogens is 362 g/mol. The second kappa shape index (κ2) is 8.14. The first-order valence-electron chi connectivity index (χ1n) is 9.18. The van der Waals surface area contributed by atoms with Gasteiger partial charge in [-0.1, -0.05) is 17.8 Å². The van der Waals surface area contributed by atoms with Crippen LogP contribution in [-0.4, -0.2) is 39.0 Å². The van der Waals surface area contributed by atoms with E-state index in [0.29, 0.717) is 17.6 Å².